The molecule has 0 amide bonds. The third kappa shape index (κ3) is 24.5. The molecule has 0 aliphatic rings. The summed E-state index contributed by atoms with van der Waals surface area (Å²) in [7, 11) is 3.29. The van der Waals surface area contributed by atoms with Gasteiger partial charge in [0.25, 0.3) is 0 Å². The van der Waals surface area contributed by atoms with Crippen LogP contribution in [0.3, 0.4) is 0 Å². The van der Waals surface area contributed by atoms with E-state index in [4.69, 9.17) is 15.6 Å². The molecule has 0 aromatic carbocycles. The molecule has 0 heterocycles. The zero-order valence-corrected chi connectivity index (χ0v) is 8.58. The molecule has 5 heteroatoms. The molecule has 0 aromatic heterocycles. The molecule has 0 aliphatic heterocycles. The third-order valence-corrected chi connectivity index (χ3v) is 1.09. The maximum Gasteiger partial charge on any atom is 0.0587 e. The maximum atomic E-state index is 8.26. The summed E-state index contributed by atoms with van der Waals surface area (Å²) >= 11 is 0. The molecule has 0 bridgehead atoms. The molecule has 0 saturated carbocycles. The van der Waals surface area contributed by atoms with Crippen molar-refractivity contribution < 1.29 is 14.6 Å². The summed E-state index contributed by atoms with van der Waals surface area (Å²) in [5.41, 5.74) is 5.01. The molecular formula is C8H22N2O3. The minimum atomic E-state index is 0.198. The summed E-state index contributed by atoms with van der Waals surface area (Å²) in [5.74, 6) is 0. The lowest BCUT2D eigenvalue weighted by Gasteiger charge is -1.98. The van der Waals surface area contributed by atoms with Crippen LogP contribution in [0.1, 0.15) is 0 Å². The summed E-state index contributed by atoms with van der Waals surface area (Å²) in [5, 5.41) is 11.2. The van der Waals surface area contributed by atoms with Crippen LogP contribution < -0.4 is 11.1 Å². The van der Waals surface area contributed by atoms with E-state index in [-0.39, 0.29) is 6.61 Å². The van der Waals surface area contributed by atoms with Crippen LogP contribution in [0.25, 0.3) is 0 Å². The number of aliphatic hydroxyl groups is 1. The molecule has 0 radical (unpaired) electrons. The number of aliphatic hydroxyl groups excluding tert-OH is 1. The number of nitrogens with one attached hydrogen (secondary N) is 1. The van der Waals surface area contributed by atoms with Gasteiger partial charge >= 0.3 is 0 Å². The first-order valence-electron chi connectivity index (χ1n) is 4.33. The van der Waals surface area contributed by atoms with E-state index in [1.165, 1.54) is 0 Å². The highest BCUT2D eigenvalue weighted by Gasteiger charge is 1.81. The highest BCUT2D eigenvalue weighted by molar-refractivity contribution is 4.41. The Bertz CT molecular complexity index is 66.4. The highest BCUT2D eigenvalue weighted by atomic mass is 16.5. The fraction of sp³-hybridized carbons (Fsp3) is 1.00. The second-order valence-corrected chi connectivity index (χ2v) is 2.25. The van der Waals surface area contributed by atoms with Crippen molar-refractivity contribution in [1.82, 2.24) is 5.32 Å². The maximum absolute atomic E-state index is 8.26. The first-order chi connectivity index (χ1) is 6.33. The standard InChI is InChI=1S/C5H13NO2.C3H9NO/c1-8-5-3-6-2-4-7;1-5-3-2-4/h6-7H,2-5H2,1H3;2-4H2,1H3. The van der Waals surface area contributed by atoms with Crippen molar-refractivity contribution >= 4 is 0 Å². The normalized spacial score (nSPS) is 9.23. The molecule has 0 spiro atoms. The predicted molar refractivity (Wildman–Crippen MR) is 52.8 cm³/mol. The Balaban J connectivity index is 0. The molecule has 5 nitrogen and oxygen atoms in total. The van der Waals surface area contributed by atoms with Gasteiger partial charge in [-0.3, -0.25) is 0 Å². The minimum absolute atomic E-state index is 0.198. The lowest BCUT2D eigenvalue weighted by atomic mass is 10.6. The summed E-state index contributed by atoms with van der Waals surface area (Å²) in [6, 6.07) is 0. The molecule has 0 rings (SSSR count). The van der Waals surface area contributed by atoms with Gasteiger partial charge < -0.3 is 25.6 Å². The van der Waals surface area contributed by atoms with E-state index in [9.17, 15) is 0 Å². The zero-order valence-electron chi connectivity index (χ0n) is 8.58. The van der Waals surface area contributed by atoms with Crippen LogP contribution in [0.2, 0.25) is 0 Å². The fourth-order valence-corrected chi connectivity index (χ4v) is 0.496. The number of nitrogens with two attached hydrogens (primary N) is 1. The largest absolute Gasteiger partial charge is 0.395 e. The van der Waals surface area contributed by atoms with Crippen LogP contribution in [0.5, 0.6) is 0 Å². The Morgan fingerprint density at radius 1 is 1.15 bits per heavy atom. The topological polar surface area (TPSA) is 76.7 Å². The first kappa shape index (κ1) is 15.3. The van der Waals surface area contributed by atoms with Gasteiger partial charge in [-0.2, -0.15) is 0 Å². The highest BCUT2D eigenvalue weighted by Crippen LogP contribution is 1.62. The average Bonchev–Trinajstić information content (AvgIpc) is 2.15. The SMILES string of the molecule is COCCN.COCCNCCO. The fourth-order valence-electron chi connectivity index (χ4n) is 0.496. The molecule has 4 N–H and O–H groups in total. The van der Waals surface area contributed by atoms with E-state index in [1.54, 1.807) is 14.2 Å². The number of methoxy groups -OCH3 is 2. The lowest BCUT2D eigenvalue weighted by molar-refractivity contribution is 0.195. The Morgan fingerprint density at radius 3 is 2.08 bits per heavy atom. The van der Waals surface area contributed by atoms with Crippen LogP contribution in [0, 0.1) is 0 Å². The van der Waals surface area contributed by atoms with Gasteiger partial charge in [0.1, 0.15) is 0 Å². The smallest absolute Gasteiger partial charge is 0.0587 e. The Hall–Kier alpha value is -0.200. The van der Waals surface area contributed by atoms with Crippen molar-refractivity contribution in [3.05, 3.63) is 0 Å². The van der Waals surface area contributed by atoms with Crippen molar-refractivity contribution in [2.75, 3.05) is 53.7 Å². The molecule has 13 heavy (non-hydrogen) atoms. The average molecular weight is 194 g/mol. The van der Waals surface area contributed by atoms with Crippen LogP contribution in [0.4, 0.5) is 0 Å². The number of hydrogen-bond donors (Lipinski definition) is 3. The lowest BCUT2D eigenvalue weighted by Crippen LogP contribution is -2.22. The van der Waals surface area contributed by atoms with E-state index >= 15 is 0 Å². The Labute approximate surface area is 80.2 Å². The number of hydrogen-bond acceptors (Lipinski definition) is 5. The number of ether oxygens (including phenoxy) is 2. The van der Waals surface area contributed by atoms with Gasteiger partial charge in [-0.15, -0.1) is 0 Å². The molecule has 0 unspecified atom stereocenters. The van der Waals surface area contributed by atoms with Crippen molar-refractivity contribution in [3.8, 4) is 0 Å². The summed E-state index contributed by atoms with van der Waals surface area (Å²) in [4.78, 5) is 0. The van der Waals surface area contributed by atoms with E-state index in [0.29, 0.717) is 26.3 Å². The molecule has 0 fully saturated rings. The van der Waals surface area contributed by atoms with Crippen LogP contribution >= 0.6 is 0 Å². The molecule has 0 aliphatic carbocycles. The summed E-state index contributed by atoms with van der Waals surface area (Å²) in [6.07, 6.45) is 0. The Kier molecular flexibility index (Phi) is 20.9. The van der Waals surface area contributed by atoms with Crippen LogP contribution in [0.15, 0.2) is 0 Å². The van der Waals surface area contributed by atoms with Gasteiger partial charge in [-0.1, -0.05) is 0 Å². The van der Waals surface area contributed by atoms with Gasteiger partial charge in [-0.25, -0.2) is 0 Å². The molecule has 82 valence electrons. The number of rotatable bonds is 7. The third-order valence-electron chi connectivity index (χ3n) is 1.09. The van der Waals surface area contributed by atoms with Crippen molar-refractivity contribution in [2.45, 2.75) is 0 Å². The molecule has 0 atom stereocenters. The summed E-state index contributed by atoms with van der Waals surface area (Å²) < 4.78 is 9.31. The Morgan fingerprint density at radius 2 is 1.77 bits per heavy atom. The van der Waals surface area contributed by atoms with Gasteiger partial charge in [0.2, 0.25) is 0 Å². The quantitative estimate of drug-likeness (QED) is 0.444. The van der Waals surface area contributed by atoms with E-state index in [1.807, 2.05) is 0 Å². The van der Waals surface area contributed by atoms with Crippen molar-refractivity contribution in [2.24, 2.45) is 5.73 Å². The van der Waals surface area contributed by atoms with E-state index in [2.05, 4.69) is 10.1 Å². The van der Waals surface area contributed by atoms with Gasteiger partial charge in [0.05, 0.1) is 19.8 Å². The van der Waals surface area contributed by atoms with E-state index in [0.717, 1.165) is 6.54 Å². The monoisotopic (exact) mass is 194 g/mol. The van der Waals surface area contributed by atoms with Crippen molar-refractivity contribution in [3.63, 3.8) is 0 Å². The molecule has 0 saturated heterocycles. The minimum Gasteiger partial charge on any atom is -0.395 e. The van der Waals surface area contributed by atoms with Crippen LogP contribution in [-0.2, 0) is 9.47 Å². The van der Waals surface area contributed by atoms with Crippen LogP contribution in [-0.4, -0.2) is 58.8 Å². The zero-order chi connectivity index (χ0) is 10.4. The van der Waals surface area contributed by atoms with Crippen molar-refractivity contribution in [1.29, 1.82) is 0 Å². The second-order valence-electron chi connectivity index (χ2n) is 2.25. The summed E-state index contributed by atoms with van der Waals surface area (Å²) in [6.45, 7) is 3.67. The van der Waals surface area contributed by atoms with Gasteiger partial charge in [-0.05, 0) is 0 Å². The second kappa shape index (κ2) is 17.8. The van der Waals surface area contributed by atoms with Gasteiger partial charge in [0, 0.05) is 33.9 Å². The predicted octanol–water partition coefficient (Wildman–Crippen LogP) is -1.19. The van der Waals surface area contributed by atoms with E-state index < -0.39 is 0 Å². The molecule has 0 aromatic rings. The van der Waals surface area contributed by atoms with Gasteiger partial charge in [0.15, 0.2) is 0 Å². The first-order valence-corrected chi connectivity index (χ1v) is 4.33. The molecular weight excluding hydrogens is 172 g/mol.